The van der Waals surface area contributed by atoms with Crippen LogP contribution in [0.5, 0.6) is 0 Å². The predicted molar refractivity (Wildman–Crippen MR) is 127 cm³/mol. The van der Waals surface area contributed by atoms with E-state index in [1.165, 1.54) is 31.3 Å². The van der Waals surface area contributed by atoms with Crippen molar-refractivity contribution in [3.8, 4) is 0 Å². The monoisotopic (exact) mass is 428 g/mol. The fourth-order valence-electron chi connectivity index (χ4n) is 7.72. The summed E-state index contributed by atoms with van der Waals surface area (Å²) < 4.78 is 12.1. The van der Waals surface area contributed by atoms with Gasteiger partial charge in [-0.15, -0.1) is 13.2 Å². The molecular weight excluding hydrogens is 384 g/mol. The second-order valence-corrected chi connectivity index (χ2v) is 11.8. The molecule has 0 aromatic rings. The number of aliphatic hydroxyl groups is 1. The molecule has 3 saturated carbocycles. The highest BCUT2D eigenvalue weighted by Gasteiger charge is 2.57. The second-order valence-electron chi connectivity index (χ2n) is 11.8. The molecule has 1 N–H and O–H groups in total. The standard InChI is InChI=1S/C26H40O3.C2H4/c1-16(28-15-23-24(2,3)29-23)20-8-9-21-19-7-6-17-14-18(27)10-12-25(17,4)22(19)11-13-26(20,21)5;1-2/h6-7,16,18,20-23,27H,8-15H2,1-5H3;1-2H2/t16-,18?,20?,21?,22?,23?,25?,26?;/m0./s1. The molecule has 0 spiro atoms. The van der Waals surface area contributed by atoms with Gasteiger partial charge in [0.25, 0.3) is 0 Å². The highest BCUT2D eigenvalue weighted by atomic mass is 16.6. The van der Waals surface area contributed by atoms with Crippen LogP contribution in [0.3, 0.4) is 0 Å². The first-order chi connectivity index (χ1) is 14.6. The zero-order valence-electron chi connectivity index (χ0n) is 20.5. The van der Waals surface area contributed by atoms with Crippen molar-refractivity contribution in [1.29, 1.82) is 0 Å². The summed E-state index contributed by atoms with van der Waals surface area (Å²) in [6, 6.07) is 0. The quantitative estimate of drug-likeness (QED) is 0.426. The lowest BCUT2D eigenvalue weighted by Gasteiger charge is -2.55. The molecule has 0 aromatic carbocycles. The average Bonchev–Trinajstić information content (AvgIpc) is 3.19. The van der Waals surface area contributed by atoms with Crippen LogP contribution in [0.1, 0.15) is 79.6 Å². The smallest absolute Gasteiger partial charge is 0.110 e. The summed E-state index contributed by atoms with van der Waals surface area (Å²) in [5.74, 6) is 2.03. The van der Waals surface area contributed by atoms with E-state index in [-0.39, 0.29) is 23.2 Å². The van der Waals surface area contributed by atoms with Crippen LogP contribution in [0, 0.1) is 28.6 Å². The lowest BCUT2D eigenvalue weighted by molar-refractivity contribution is -0.0388. The maximum Gasteiger partial charge on any atom is 0.110 e. The molecule has 3 heteroatoms. The molecule has 5 aliphatic rings. The minimum absolute atomic E-state index is 0.0138. The number of fused-ring (bicyclic) bond motifs is 5. The highest BCUT2D eigenvalue weighted by molar-refractivity contribution is 5.38. The third-order valence-electron chi connectivity index (χ3n) is 9.86. The van der Waals surface area contributed by atoms with Gasteiger partial charge in [-0.1, -0.05) is 37.1 Å². The number of rotatable bonds is 4. The predicted octanol–water partition coefficient (Wildman–Crippen LogP) is 6.23. The van der Waals surface area contributed by atoms with Gasteiger partial charge in [0.1, 0.15) is 6.10 Å². The first-order valence-electron chi connectivity index (χ1n) is 12.5. The lowest BCUT2D eigenvalue weighted by atomic mass is 9.50. The van der Waals surface area contributed by atoms with Crippen molar-refractivity contribution in [1.82, 2.24) is 0 Å². The zero-order valence-corrected chi connectivity index (χ0v) is 20.5. The van der Waals surface area contributed by atoms with Crippen LogP contribution in [0.15, 0.2) is 36.5 Å². The van der Waals surface area contributed by atoms with Crippen LogP contribution >= 0.6 is 0 Å². The van der Waals surface area contributed by atoms with E-state index in [1.807, 2.05) is 0 Å². The van der Waals surface area contributed by atoms with Crippen LogP contribution in [-0.2, 0) is 9.47 Å². The number of hydrogen-bond donors (Lipinski definition) is 1. The van der Waals surface area contributed by atoms with Crippen LogP contribution in [0.25, 0.3) is 0 Å². The third-order valence-corrected chi connectivity index (χ3v) is 9.86. The molecule has 0 bridgehead atoms. The van der Waals surface area contributed by atoms with Gasteiger partial charge in [0.05, 0.1) is 24.4 Å². The maximum absolute atomic E-state index is 10.2. The van der Waals surface area contributed by atoms with Crippen molar-refractivity contribution < 1.29 is 14.6 Å². The number of allylic oxidation sites excluding steroid dienone is 3. The lowest BCUT2D eigenvalue weighted by Crippen LogP contribution is -2.47. The summed E-state index contributed by atoms with van der Waals surface area (Å²) >= 11 is 0. The molecule has 3 nitrogen and oxygen atoms in total. The highest BCUT2D eigenvalue weighted by Crippen LogP contribution is 2.65. The Balaban J connectivity index is 0.00000112. The van der Waals surface area contributed by atoms with E-state index in [9.17, 15) is 5.11 Å². The van der Waals surface area contributed by atoms with E-state index in [2.05, 4.69) is 59.9 Å². The van der Waals surface area contributed by atoms with Crippen LogP contribution in [0.2, 0.25) is 0 Å². The van der Waals surface area contributed by atoms with Crippen molar-refractivity contribution >= 4 is 0 Å². The molecule has 1 saturated heterocycles. The van der Waals surface area contributed by atoms with Gasteiger partial charge in [-0.2, -0.15) is 0 Å². The van der Waals surface area contributed by atoms with Crippen molar-refractivity contribution in [2.45, 2.75) is 103 Å². The van der Waals surface area contributed by atoms with E-state index in [4.69, 9.17) is 9.47 Å². The van der Waals surface area contributed by atoms with Gasteiger partial charge in [0.15, 0.2) is 0 Å². The largest absolute Gasteiger partial charge is 0.393 e. The van der Waals surface area contributed by atoms with Gasteiger partial charge in [0, 0.05) is 0 Å². The van der Waals surface area contributed by atoms with Crippen molar-refractivity contribution in [3.63, 3.8) is 0 Å². The fourth-order valence-corrected chi connectivity index (χ4v) is 7.72. The second kappa shape index (κ2) is 8.15. The van der Waals surface area contributed by atoms with E-state index < -0.39 is 0 Å². The molecule has 8 atom stereocenters. The minimum Gasteiger partial charge on any atom is -0.393 e. The Morgan fingerprint density at radius 2 is 1.77 bits per heavy atom. The van der Waals surface area contributed by atoms with Gasteiger partial charge in [-0.05, 0) is 94.3 Å². The Hall–Kier alpha value is -0.900. The van der Waals surface area contributed by atoms with Gasteiger partial charge >= 0.3 is 0 Å². The molecule has 0 radical (unpaired) electrons. The van der Waals surface area contributed by atoms with E-state index >= 15 is 0 Å². The normalized spacial score (nSPS) is 45.7. The number of hydrogen-bond acceptors (Lipinski definition) is 3. The summed E-state index contributed by atoms with van der Waals surface area (Å²) in [6.07, 6.45) is 13.5. The number of ether oxygens (including phenoxy) is 2. The van der Waals surface area contributed by atoms with E-state index in [0.29, 0.717) is 29.3 Å². The molecule has 4 aliphatic carbocycles. The number of epoxide rings is 1. The van der Waals surface area contributed by atoms with Gasteiger partial charge in [0.2, 0.25) is 0 Å². The van der Waals surface area contributed by atoms with Crippen molar-refractivity contribution in [2.75, 3.05) is 6.61 Å². The Morgan fingerprint density at radius 1 is 1.06 bits per heavy atom. The Labute approximate surface area is 190 Å². The van der Waals surface area contributed by atoms with Crippen molar-refractivity contribution in [2.24, 2.45) is 28.6 Å². The Morgan fingerprint density at radius 3 is 2.45 bits per heavy atom. The van der Waals surface area contributed by atoms with Crippen LogP contribution in [-0.4, -0.2) is 35.6 Å². The Kier molecular flexibility index (Phi) is 6.12. The molecule has 1 aliphatic heterocycles. The van der Waals surface area contributed by atoms with Gasteiger partial charge in [-0.3, -0.25) is 0 Å². The summed E-state index contributed by atoms with van der Waals surface area (Å²) in [5, 5.41) is 10.2. The molecule has 31 heavy (non-hydrogen) atoms. The molecule has 7 unspecified atom stereocenters. The summed E-state index contributed by atoms with van der Waals surface area (Å²) in [5.41, 5.74) is 3.88. The van der Waals surface area contributed by atoms with Crippen LogP contribution < -0.4 is 0 Å². The SMILES string of the molecule is C=C.C[C@H](OCC1OC1(C)C)C1CCC2C3=CC=C4CC(O)CCC4(C)C3CCC21C. The van der Waals surface area contributed by atoms with Crippen LogP contribution in [0.4, 0.5) is 0 Å². The maximum atomic E-state index is 10.2. The fraction of sp³-hybridized carbons (Fsp3) is 0.786. The topological polar surface area (TPSA) is 42.0 Å². The molecular formula is C28H44O3. The molecule has 174 valence electrons. The molecule has 5 rings (SSSR count). The molecule has 0 aromatic heterocycles. The first kappa shape index (κ1) is 23.3. The number of aliphatic hydroxyl groups excluding tert-OH is 1. The van der Waals surface area contributed by atoms with E-state index in [1.54, 1.807) is 5.57 Å². The Bertz CT molecular complexity index is 751. The first-order valence-corrected chi connectivity index (χ1v) is 12.5. The van der Waals surface area contributed by atoms with E-state index in [0.717, 1.165) is 25.9 Å². The minimum atomic E-state index is -0.132. The summed E-state index contributed by atoms with van der Waals surface area (Å²) in [6.45, 7) is 18.4. The average molecular weight is 429 g/mol. The van der Waals surface area contributed by atoms with Gasteiger partial charge < -0.3 is 14.6 Å². The molecule has 0 amide bonds. The molecule has 4 fully saturated rings. The zero-order chi connectivity index (χ0) is 22.6. The third kappa shape index (κ3) is 3.79. The molecule has 1 heterocycles. The summed E-state index contributed by atoms with van der Waals surface area (Å²) in [7, 11) is 0. The van der Waals surface area contributed by atoms with Gasteiger partial charge in [-0.25, -0.2) is 0 Å². The van der Waals surface area contributed by atoms with Crippen molar-refractivity contribution in [3.05, 3.63) is 36.5 Å². The summed E-state index contributed by atoms with van der Waals surface area (Å²) in [4.78, 5) is 0.